The van der Waals surface area contributed by atoms with E-state index in [1.54, 1.807) is 0 Å². The lowest BCUT2D eigenvalue weighted by atomic mass is 10.00. The number of ether oxygens (including phenoxy) is 2. The van der Waals surface area contributed by atoms with Crippen molar-refractivity contribution in [3.8, 4) is 5.75 Å². The molecule has 2 aliphatic heterocycles. The minimum atomic E-state index is 0.0710. The SMILES string of the molecule is Nc1nc(C2COc3ccccc32)nc2c1COCC2. The van der Waals surface area contributed by atoms with E-state index in [9.17, 15) is 0 Å². The van der Waals surface area contributed by atoms with Crippen LogP contribution in [-0.4, -0.2) is 23.2 Å². The second-order valence-corrected chi connectivity index (χ2v) is 5.10. The summed E-state index contributed by atoms with van der Waals surface area (Å²) >= 11 is 0. The Bertz CT molecular complexity index is 672. The number of nitrogens with two attached hydrogens (primary N) is 1. The molecular formula is C15H15N3O2. The van der Waals surface area contributed by atoms with Crippen molar-refractivity contribution in [2.75, 3.05) is 18.9 Å². The molecule has 1 atom stereocenters. The number of hydrogen-bond donors (Lipinski definition) is 1. The van der Waals surface area contributed by atoms with E-state index in [1.807, 2.05) is 18.2 Å². The molecule has 0 saturated carbocycles. The van der Waals surface area contributed by atoms with Gasteiger partial charge in [-0.1, -0.05) is 18.2 Å². The van der Waals surface area contributed by atoms with Crippen LogP contribution in [-0.2, 0) is 17.8 Å². The number of nitrogen functional groups attached to an aromatic ring is 1. The van der Waals surface area contributed by atoms with Crippen LogP contribution in [0.3, 0.4) is 0 Å². The normalized spacial score (nSPS) is 20.1. The molecule has 3 heterocycles. The smallest absolute Gasteiger partial charge is 0.142 e. The number of rotatable bonds is 1. The third-order valence-electron chi connectivity index (χ3n) is 3.88. The van der Waals surface area contributed by atoms with Gasteiger partial charge < -0.3 is 15.2 Å². The zero-order valence-corrected chi connectivity index (χ0v) is 11.0. The van der Waals surface area contributed by atoms with Gasteiger partial charge in [0.05, 0.1) is 24.8 Å². The molecule has 5 nitrogen and oxygen atoms in total. The Balaban J connectivity index is 1.79. The van der Waals surface area contributed by atoms with Gasteiger partial charge in [0.1, 0.15) is 24.0 Å². The largest absolute Gasteiger partial charge is 0.492 e. The number of nitrogens with zero attached hydrogens (tertiary/aromatic N) is 2. The Morgan fingerprint density at radius 2 is 2.10 bits per heavy atom. The summed E-state index contributed by atoms with van der Waals surface area (Å²) in [5.74, 6) is 2.28. The van der Waals surface area contributed by atoms with E-state index in [0.29, 0.717) is 25.6 Å². The number of benzene rings is 1. The van der Waals surface area contributed by atoms with Gasteiger partial charge >= 0.3 is 0 Å². The van der Waals surface area contributed by atoms with Crippen LogP contribution in [0.2, 0.25) is 0 Å². The van der Waals surface area contributed by atoms with Gasteiger partial charge in [0.2, 0.25) is 0 Å². The van der Waals surface area contributed by atoms with Crippen LogP contribution in [0.5, 0.6) is 5.75 Å². The van der Waals surface area contributed by atoms with Crippen molar-refractivity contribution in [2.24, 2.45) is 0 Å². The number of hydrogen-bond acceptors (Lipinski definition) is 5. The molecule has 0 amide bonds. The fourth-order valence-corrected chi connectivity index (χ4v) is 2.81. The highest BCUT2D eigenvalue weighted by atomic mass is 16.5. The van der Waals surface area contributed by atoms with Gasteiger partial charge in [-0.2, -0.15) is 0 Å². The first kappa shape index (κ1) is 11.7. The lowest BCUT2D eigenvalue weighted by molar-refractivity contribution is 0.109. The summed E-state index contributed by atoms with van der Waals surface area (Å²) in [7, 11) is 0. The highest BCUT2D eigenvalue weighted by molar-refractivity contribution is 5.47. The standard InChI is InChI=1S/C15H15N3O2/c16-14-11-7-19-6-5-12(11)17-15(18-14)10-8-20-13-4-2-1-3-9(10)13/h1-4,10H,5-8H2,(H2,16,17,18). The second-order valence-electron chi connectivity index (χ2n) is 5.10. The topological polar surface area (TPSA) is 70.3 Å². The summed E-state index contributed by atoms with van der Waals surface area (Å²) in [6.45, 7) is 1.79. The molecule has 0 saturated heterocycles. The van der Waals surface area contributed by atoms with E-state index in [0.717, 1.165) is 34.8 Å². The fraction of sp³-hybridized carbons (Fsp3) is 0.333. The van der Waals surface area contributed by atoms with Gasteiger partial charge in [-0.05, 0) is 6.07 Å². The molecule has 0 aliphatic carbocycles. The fourth-order valence-electron chi connectivity index (χ4n) is 2.81. The van der Waals surface area contributed by atoms with Crippen LogP contribution in [0.4, 0.5) is 5.82 Å². The Labute approximate surface area is 116 Å². The zero-order valence-electron chi connectivity index (χ0n) is 11.0. The van der Waals surface area contributed by atoms with Crippen LogP contribution in [0, 0.1) is 0 Å². The van der Waals surface area contributed by atoms with Crippen LogP contribution in [0.25, 0.3) is 0 Å². The number of anilines is 1. The maximum atomic E-state index is 6.06. The lowest BCUT2D eigenvalue weighted by Gasteiger charge is -2.19. The van der Waals surface area contributed by atoms with Gasteiger partial charge in [0, 0.05) is 17.5 Å². The molecule has 2 N–H and O–H groups in total. The highest BCUT2D eigenvalue weighted by Crippen LogP contribution is 2.37. The van der Waals surface area contributed by atoms with Gasteiger partial charge in [-0.3, -0.25) is 0 Å². The van der Waals surface area contributed by atoms with Crippen molar-refractivity contribution in [2.45, 2.75) is 18.9 Å². The van der Waals surface area contributed by atoms with Gasteiger partial charge in [0.15, 0.2) is 0 Å². The first-order valence-corrected chi connectivity index (χ1v) is 6.77. The molecule has 0 bridgehead atoms. The highest BCUT2D eigenvalue weighted by Gasteiger charge is 2.29. The average Bonchev–Trinajstić information content (AvgIpc) is 2.91. The number of para-hydroxylation sites is 1. The Morgan fingerprint density at radius 3 is 3.05 bits per heavy atom. The van der Waals surface area contributed by atoms with Gasteiger partial charge in [-0.25, -0.2) is 9.97 Å². The van der Waals surface area contributed by atoms with Crippen LogP contribution in [0.1, 0.15) is 28.6 Å². The monoisotopic (exact) mass is 269 g/mol. The Morgan fingerprint density at radius 1 is 1.20 bits per heavy atom. The van der Waals surface area contributed by atoms with Crippen molar-refractivity contribution < 1.29 is 9.47 Å². The van der Waals surface area contributed by atoms with Gasteiger partial charge in [0.25, 0.3) is 0 Å². The average molecular weight is 269 g/mol. The molecule has 4 rings (SSSR count). The van der Waals surface area contributed by atoms with Crippen molar-refractivity contribution >= 4 is 5.82 Å². The summed E-state index contributed by atoms with van der Waals surface area (Å²) in [5.41, 5.74) is 9.15. The van der Waals surface area contributed by atoms with E-state index >= 15 is 0 Å². The molecule has 2 aromatic rings. The Kier molecular flexibility index (Phi) is 2.60. The lowest BCUT2D eigenvalue weighted by Crippen LogP contribution is -2.19. The first-order chi connectivity index (χ1) is 9.83. The van der Waals surface area contributed by atoms with Crippen molar-refractivity contribution in [1.29, 1.82) is 0 Å². The van der Waals surface area contributed by atoms with E-state index in [-0.39, 0.29) is 5.92 Å². The number of fused-ring (bicyclic) bond motifs is 2. The van der Waals surface area contributed by atoms with Crippen LogP contribution >= 0.6 is 0 Å². The first-order valence-electron chi connectivity index (χ1n) is 6.77. The minimum absolute atomic E-state index is 0.0710. The molecule has 1 unspecified atom stereocenters. The van der Waals surface area contributed by atoms with E-state index in [2.05, 4.69) is 11.1 Å². The summed E-state index contributed by atoms with van der Waals surface area (Å²) in [4.78, 5) is 9.18. The maximum Gasteiger partial charge on any atom is 0.142 e. The molecule has 0 fully saturated rings. The quantitative estimate of drug-likeness (QED) is 0.852. The Hall–Kier alpha value is -2.14. The maximum absolute atomic E-state index is 6.06. The van der Waals surface area contributed by atoms with Crippen molar-refractivity contribution in [3.63, 3.8) is 0 Å². The third-order valence-corrected chi connectivity index (χ3v) is 3.88. The molecule has 5 heteroatoms. The zero-order chi connectivity index (χ0) is 13.5. The summed E-state index contributed by atoms with van der Waals surface area (Å²) in [5, 5.41) is 0. The number of aromatic nitrogens is 2. The molecule has 0 radical (unpaired) electrons. The van der Waals surface area contributed by atoms with Gasteiger partial charge in [-0.15, -0.1) is 0 Å². The molecule has 2 aliphatic rings. The second kappa shape index (κ2) is 4.45. The van der Waals surface area contributed by atoms with Crippen LogP contribution in [0.15, 0.2) is 24.3 Å². The van der Waals surface area contributed by atoms with E-state index < -0.39 is 0 Å². The van der Waals surface area contributed by atoms with Crippen LogP contribution < -0.4 is 10.5 Å². The summed E-state index contributed by atoms with van der Waals surface area (Å²) < 4.78 is 11.1. The van der Waals surface area contributed by atoms with Crippen molar-refractivity contribution in [1.82, 2.24) is 9.97 Å². The molecule has 20 heavy (non-hydrogen) atoms. The third kappa shape index (κ3) is 1.74. The molecule has 1 aromatic heterocycles. The predicted octanol–water partition coefficient (Wildman–Crippen LogP) is 1.66. The minimum Gasteiger partial charge on any atom is -0.492 e. The van der Waals surface area contributed by atoms with E-state index in [4.69, 9.17) is 20.2 Å². The molecule has 0 spiro atoms. The van der Waals surface area contributed by atoms with E-state index in [1.165, 1.54) is 0 Å². The van der Waals surface area contributed by atoms with Crippen molar-refractivity contribution in [3.05, 3.63) is 46.9 Å². The predicted molar refractivity (Wildman–Crippen MR) is 73.6 cm³/mol. The summed E-state index contributed by atoms with van der Waals surface area (Å²) in [6, 6.07) is 8.02. The summed E-state index contributed by atoms with van der Waals surface area (Å²) in [6.07, 6.45) is 0.796. The molecule has 102 valence electrons. The molecular weight excluding hydrogens is 254 g/mol. The molecule has 1 aromatic carbocycles.